The van der Waals surface area contributed by atoms with Crippen LogP contribution in [0, 0.1) is 6.92 Å². The highest BCUT2D eigenvalue weighted by Crippen LogP contribution is 2.33. The molecule has 5 aromatic rings. The number of hydrogen-bond donors (Lipinski definition) is 2. The quantitative estimate of drug-likeness (QED) is 0.444. The molecule has 1 saturated heterocycles. The normalized spacial score (nSPS) is 14.5. The van der Waals surface area contributed by atoms with E-state index >= 15 is 0 Å². The lowest BCUT2D eigenvalue weighted by atomic mass is 10.1. The molecule has 0 bridgehead atoms. The van der Waals surface area contributed by atoms with Gasteiger partial charge in [-0.15, -0.1) is 0 Å². The minimum Gasteiger partial charge on any atom is -0.371 e. The molecule has 0 amide bonds. The lowest BCUT2D eigenvalue weighted by Crippen LogP contribution is -2.29. The fourth-order valence-corrected chi connectivity index (χ4v) is 4.52. The fourth-order valence-electron chi connectivity index (χ4n) is 4.52. The van der Waals surface area contributed by atoms with Crippen LogP contribution in [0.1, 0.15) is 24.8 Å². The number of fused-ring (bicyclic) bond motifs is 2. The van der Waals surface area contributed by atoms with Crippen LogP contribution < -0.4 is 4.90 Å². The Hall–Kier alpha value is -3.74. The maximum atomic E-state index is 4.94. The molecule has 6 heterocycles. The molecule has 1 aliphatic heterocycles. The number of anilines is 1. The topological polar surface area (TPSA) is 86.4 Å². The van der Waals surface area contributed by atoms with Crippen molar-refractivity contribution in [1.29, 1.82) is 0 Å². The van der Waals surface area contributed by atoms with Gasteiger partial charge >= 0.3 is 0 Å². The minimum absolute atomic E-state index is 0.806. The van der Waals surface area contributed by atoms with Gasteiger partial charge in [-0.3, -0.25) is 10.1 Å². The average Bonchev–Trinajstić information content (AvgIpc) is 3.43. The molecule has 0 atom stereocenters. The highest BCUT2D eigenvalue weighted by molar-refractivity contribution is 5.97. The lowest BCUT2D eigenvalue weighted by molar-refractivity contribution is 0.579. The van der Waals surface area contributed by atoms with E-state index in [0.29, 0.717) is 0 Å². The number of rotatable bonds is 3. The average molecular weight is 409 g/mol. The third-order valence-electron chi connectivity index (χ3n) is 6.18. The summed E-state index contributed by atoms with van der Waals surface area (Å²) in [5.74, 6) is 0. The third-order valence-corrected chi connectivity index (χ3v) is 6.18. The van der Waals surface area contributed by atoms with Gasteiger partial charge < -0.3 is 9.88 Å². The second-order valence-electron chi connectivity index (χ2n) is 8.18. The van der Waals surface area contributed by atoms with Crippen LogP contribution in [0.2, 0.25) is 0 Å². The highest BCUT2D eigenvalue weighted by Gasteiger charge is 2.18. The first-order chi connectivity index (χ1) is 15.3. The molecule has 2 N–H and O–H groups in total. The van der Waals surface area contributed by atoms with E-state index in [-0.39, 0.29) is 0 Å². The number of aryl methyl sites for hydroxylation is 1. The molecular weight excluding hydrogens is 386 g/mol. The van der Waals surface area contributed by atoms with Crippen molar-refractivity contribution in [2.45, 2.75) is 26.2 Å². The molecule has 6 rings (SSSR count). The van der Waals surface area contributed by atoms with E-state index in [2.05, 4.69) is 49.1 Å². The summed E-state index contributed by atoms with van der Waals surface area (Å²) in [6.45, 7) is 4.27. The maximum Gasteiger partial charge on any atom is 0.139 e. The zero-order valence-electron chi connectivity index (χ0n) is 17.4. The van der Waals surface area contributed by atoms with Gasteiger partial charge in [-0.05, 0) is 62.1 Å². The van der Waals surface area contributed by atoms with Gasteiger partial charge in [0.25, 0.3) is 0 Å². The number of nitrogens with zero attached hydrogens (tertiary/aromatic N) is 5. The molecular formula is C24H23N7. The number of H-pyrrole nitrogens is 2. The predicted octanol–water partition coefficient (Wildman–Crippen LogP) is 4.86. The van der Waals surface area contributed by atoms with Crippen molar-refractivity contribution in [1.82, 2.24) is 30.1 Å². The van der Waals surface area contributed by atoms with E-state index < -0.39 is 0 Å². The molecule has 0 radical (unpaired) electrons. The molecule has 0 saturated carbocycles. The van der Waals surface area contributed by atoms with Gasteiger partial charge in [0.2, 0.25) is 0 Å². The predicted molar refractivity (Wildman–Crippen MR) is 123 cm³/mol. The molecule has 0 aliphatic carbocycles. The molecule has 5 aromatic heterocycles. The summed E-state index contributed by atoms with van der Waals surface area (Å²) in [5.41, 5.74) is 8.67. The summed E-state index contributed by atoms with van der Waals surface area (Å²) < 4.78 is 0. The number of hydrogen-bond acceptors (Lipinski definition) is 5. The molecule has 154 valence electrons. The molecule has 1 fully saturated rings. The van der Waals surface area contributed by atoms with Crippen molar-refractivity contribution in [3.8, 4) is 22.6 Å². The van der Waals surface area contributed by atoms with E-state index in [0.717, 1.165) is 63.4 Å². The van der Waals surface area contributed by atoms with Gasteiger partial charge in [-0.25, -0.2) is 9.97 Å². The Bertz CT molecular complexity index is 1390. The van der Waals surface area contributed by atoms with Gasteiger partial charge in [0.05, 0.1) is 16.9 Å². The van der Waals surface area contributed by atoms with Crippen LogP contribution in [-0.4, -0.2) is 43.2 Å². The SMILES string of the molecule is Cc1ccncc1-c1ccc2[nH]nc(-c3cc4c(N5CCCCC5)ccnc4[nH]3)c2n1. The van der Waals surface area contributed by atoms with E-state index in [1.807, 2.05) is 30.6 Å². The van der Waals surface area contributed by atoms with E-state index in [1.165, 1.54) is 24.9 Å². The third kappa shape index (κ3) is 3.04. The Morgan fingerprint density at radius 1 is 1.00 bits per heavy atom. The summed E-state index contributed by atoms with van der Waals surface area (Å²) in [6, 6.07) is 10.3. The number of aromatic nitrogens is 6. The lowest BCUT2D eigenvalue weighted by Gasteiger charge is -2.29. The maximum absolute atomic E-state index is 4.94. The largest absolute Gasteiger partial charge is 0.371 e. The van der Waals surface area contributed by atoms with Gasteiger partial charge in [-0.2, -0.15) is 5.10 Å². The molecule has 31 heavy (non-hydrogen) atoms. The van der Waals surface area contributed by atoms with Gasteiger partial charge in [0.1, 0.15) is 16.9 Å². The molecule has 0 unspecified atom stereocenters. The van der Waals surface area contributed by atoms with Crippen LogP contribution in [0.4, 0.5) is 5.69 Å². The van der Waals surface area contributed by atoms with Crippen LogP contribution in [-0.2, 0) is 0 Å². The Morgan fingerprint density at radius 2 is 1.90 bits per heavy atom. The van der Waals surface area contributed by atoms with Crippen LogP contribution in [0.3, 0.4) is 0 Å². The summed E-state index contributed by atoms with van der Waals surface area (Å²) in [6.07, 6.45) is 9.35. The second kappa shape index (κ2) is 7.19. The van der Waals surface area contributed by atoms with Crippen molar-refractivity contribution in [2.75, 3.05) is 18.0 Å². The Morgan fingerprint density at radius 3 is 2.77 bits per heavy atom. The fraction of sp³-hybridized carbons (Fsp3) is 0.250. The number of aromatic amines is 2. The highest BCUT2D eigenvalue weighted by atomic mass is 15.1. The Labute approximate surface area is 179 Å². The first-order valence-corrected chi connectivity index (χ1v) is 10.8. The van der Waals surface area contributed by atoms with Gasteiger partial charge in [0, 0.05) is 48.3 Å². The summed E-state index contributed by atoms with van der Waals surface area (Å²) in [4.78, 5) is 19.7. The smallest absolute Gasteiger partial charge is 0.139 e. The molecule has 1 aliphatic rings. The second-order valence-corrected chi connectivity index (χ2v) is 8.18. The van der Waals surface area contributed by atoms with Gasteiger partial charge in [0.15, 0.2) is 0 Å². The van der Waals surface area contributed by atoms with Crippen molar-refractivity contribution >= 4 is 27.8 Å². The zero-order valence-corrected chi connectivity index (χ0v) is 17.4. The van der Waals surface area contributed by atoms with E-state index in [1.54, 1.807) is 6.20 Å². The number of nitrogens with one attached hydrogen (secondary N) is 2. The van der Waals surface area contributed by atoms with Crippen molar-refractivity contribution in [3.05, 3.63) is 54.5 Å². The molecule has 7 heteroatoms. The van der Waals surface area contributed by atoms with Crippen LogP contribution >= 0.6 is 0 Å². The monoisotopic (exact) mass is 409 g/mol. The first-order valence-electron chi connectivity index (χ1n) is 10.8. The van der Waals surface area contributed by atoms with Gasteiger partial charge in [-0.1, -0.05) is 0 Å². The molecule has 0 aromatic carbocycles. The zero-order chi connectivity index (χ0) is 20.8. The standard InChI is InChI=1S/C24H23N7/c1-15-7-9-25-14-17(15)18-5-6-19-22(27-18)23(30-29-19)20-13-16-21(8-10-26-24(16)28-20)31-11-3-2-4-12-31/h5-10,13-14H,2-4,11-12H2,1H3,(H,26,28)(H,29,30). The Kier molecular flexibility index (Phi) is 4.19. The number of piperidine rings is 1. The van der Waals surface area contributed by atoms with E-state index in [4.69, 9.17) is 4.98 Å². The molecule has 0 spiro atoms. The van der Waals surface area contributed by atoms with Crippen molar-refractivity contribution in [2.24, 2.45) is 0 Å². The molecule has 7 nitrogen and oxygen atoms in total. The summed E-state index contributed by atoms with van der Waals surface area (Å²) >= 11 is 0. The van der Waals surface area contributed by atoms with Crippen LogP contribution in [0.5, 0.6) is 0 Å². The van der Waals surface area contributed by atoms with Crippen LogP contribution in [0.25, 0.3) is 44.7 Å². The van der Waals surface area contributed by atoms with Crippen molar-refractivity contribution < 1.29 is 0 Å². The summed E-state index contributed by atoms with van der Waals surface area (Å²) in [5, 5.41) is 8.84. The van der Waals surface area contributed by atoms with E-state index in [9.17, 15) is 0 Å². The number of pyridine rings is 3. The first kappa shape index (κ1) is 18.1. The van der Waals surface area contributed by atoms with Crippen LogP contribution in [0.15, 0.2) is 48.9 Å². The Balaban J connectivity index is 1.47. The minimum atomic E-state index is 0.806. The van der Waals surface area contributed by atoms with Crippen molar-refractivity contribution in [3.63, 3.8) is 0 Å². The summed E-state index contributed by atoms with van der Waals surface area (Å²) in [7, 11) is 0.